The van der Waals surface area contributed by atoms with Gasteiger partial charge in [0.05, 0.1) is 13.2 Å². The van der Waals surface area contributed by atoms with Crippen molar-refractivity contribution in [2.45, 2.75) is 13.0 Å². The van der Waals surface area contributed by atoms with E-state index < -0.39 is 0 Å². The van der Waals surface area contributed by atoms with Gasteiger partial charge in [-0.05, 0) is 36.8 Å². The van der Waals surface area contributed by atoms with Crippen LogP contribution in [0.4, 0.5) is 0 Å². The average Bonchev–Trinajstić information content (AvgIpc) is 2.42. The largest absolute Gasteiger partial charge is 0.496 e. The molecule has 0 aliphatic rings. The second-order valence-electron chi connectivity index (χ2n) is 4.22. The van der Waals surface area contributed by atoms with Gasteiger partial charge in [0.1, 0.15) is 5.75 Å². The van der Waals surface area contributed by atoms with Crippen LogP contribution in [0.15, 0.2) is 36.5 Å². The van der Waals surface area contributed by atoms with Crippen LogP contribution in [0.5, 0.6) is 5.75 Å². The third kappa shape index (κ3) is 3.04. The Bertz CT molecular complexity index is 557. The molecule has 1 atom stereocenters. The molecule has 1 aromatic carbocycles. The zero-order valence-corrected chi connectivity index (χ0v) is 11.6. The molecule has 0 spiro atoms. The molecule has 0 bridgehead atoms. The molecule has 0 saturated carbocycles. The molecule has 0 aliphatic heterocycles. The summed E-state index contributed by atoms with van der Waals surface area (Å²) in [6.45, 7) is 1.94. The first-order valence-electron chi connectivity index (χ1n) is 5.88. The highest BCUT2D eigenvalue weighted by atomic mass is 35.5. The van der Waals surface area contributed by atoms with Gasteiger partial charge in [0.25, 0.3) is 0 Å². The van der Waals surface area contributed by atoms with Gasteiger partial charge in [0, 0.05) is 22.5 Å². The number of hydrogen-bond donors (Lipinski definition) is 2. The Kier molecular flexibility index (Phi) is 4.37. The lowest BCUT2D eigenvalue weighted by molar-refractivity contribution is 0.404. The zero-order chi connectivity index (χ0) is 13.8. The summed E-state index contributed by atoms with van der Waals surface area (Å²) >= 11 is 6.05. The van der Waals surface area contributed by atoms with Gasteiger partial charge in [-0.25, -0.2) is 5.43 Å². The summed E-state index contributed by atoms with van der Waals surface area (Å²) in [6, 6.07) is 9.14. The molecule has 19 heavy (non-hydrogen) atoms. The highest BCUT2D eigenvalue weighted by Gasteiger charge is 2.17. The maximum atomic E-state index is 6.05. The van der Waals surface area contributed by atoms with Crippen LogP contribution in [0.3, 0.4) is 0 Å². The van der Waals surface area contributed by atoms with Gasteiger partial charge in [0.2, 0.25) is 0 Å². The SMILES string of the molecule is COc1ccc(Cl)cc1C(NN)c1ccc(C)nc1. The molecular formula is C14H16ClN3O. The van der Waals surface area contributed by atoms with Crippen molar-refractivity contribution < 1.29 is 4.74 Å². The molecule has 0 radical (unpaired) electrons. The van der Waals surface area contributed by atoms with Crippen molar-refractivity contribution in [3.05, 3.63) is 58.4 Å². The monoisotopic (exact) mass is 277 g/mol. The highest BCUT2D eigenvalue weighted by Crippen LogP contribution is 2.31. The number of hydrazine groups is 1. The molecule has 0 amide bonds. The van der Waals surface area contributed by atoms with E-state index in [9.17, 15) is 0 Å². The number of nitrogens with one attached hydrogen (secondary N) is 1. The molecule has 0 saturated heterocycles. The van der Waals surface area contributed by atoms with Crippen LogP contribution in [-0.2, 0) is 0 Å². The van der Waals surface area contributed by atoms with Gasteiger partial charge in [-0.1, -0.05) is 17.7 Å². The van der Waals surface area contributed by atoms with Gasteiger partial charge in [-0.15, -0.1) is 0 Å². The molecule has 5 heteroatoms. The first kappa shape index (κ1) is 13.8. The number of nitrogens with zero attached hydrogens (tertiary/aromatic N) is 1. The fourth-order valence-electron chi connectivity index (χ4n) is 1.95. The summed E-state index contributed by atoms with van der Waals surface area (Å²) in [7, 11) is 1.62. The Morgan fingerprint density at radius 1 is 1.32 bits per heavy atom. The molecule has 1 aromatic heterocycles. The minimum atomic E-state index is -0.221. The smallest absolute Gasteiger partial charge is 0.124 e. The molecule has 1 heterocycles. The molecule has 4 nitrogen and oxygen atoms in total. The number of halogens is 1. The lowest BCUT2D eigenvalue weighted by atomic mass is 9.99. The number of methoxy groups -OCH3 is 1. The number of pyridine rings is 1. The van der Waals surface area contributed by atoms with Gasteiger partial charge in [0.15, 0.2) is 0 Å². The van der Waals surface area contributed by atoms with E-state index >= 15 is 0 Å². The third-order valence-corrected chi connectivity index (χ3v) is 3.17. The molecule has 0 aliphatic carbocycles. The van der Waals surface area contributed by atoms with Crippen molar-refractivity contribution in [3.8, 4) is 5.75 Å². The van der Waals surface area contributed by atoms with Crippen LogP contribution in [0.25, 0.3) is 0 Å². The highest BCUT2D eigenvalue weighted by molar-refractivity contribution is 6.30. The van der Waals surface area contributed by atoms with Crippen LogP contribution in [0, 0.1) is 6.92 Å². The second kappa shape index (κ2) is 6.02. The normalized spacial score (nSPS) is 12.2. The summed E-state index contributed by atoms with van der Waals surface area (Å²) in [5.74, 6) is 6.40. The maximum absolute atomic E-state index is 6.05. The van der Waals surface area contributed by atoms with Crippen molar-refractivity contribution in [1.82, 2.24) is 10.4 Å². The second-order valence-corrected chi connectivity index (χ2v) is 4.66. The summed E-state index contributed by atoms with van der Waals surface area (Å²) in [5.41, 5.74) is 5.56. The van der Waals surface area contributed by atoms with Crippen LogP contribution in [-0.4, -0.2) is 12.1 Å². The molecule has 2 aromatic rings. The van der Waals surface area contributed by atoms with E-state index in [1.165, 1.54) is 0 Å². The van der Waals surface area contributed by atoms with Crippen molar-refractivity contribution in [3.63, 3.8) is 0 Å². The van der Waals surface area contributed by atoms with E-state index in [1.54, 1.807) is 19.4 Å². The standard InChI is InChI=1S/C14H16ClN3O/c1-9-3-4-10(8-17-9)14(18-16)12-7-11(15)5-6-13(12)19-2/h3-8,14,18H,16H2,1-2H3. The zero-order valence-electron chi connectivity index (χ0n) is 10.9. The fraction of sp³-hybridized carbons (Fsp3) is 0.214. The summed E-state index contributed by atoms with van der Waals surface area (Å²) < 4.78 is 5.35. The van der Waals surface area contributed by atoms with E-state index in [4.69, 9.17) is 22.2 Å². The van der Waals surface area contributed by atoms with Gasteiger partial charge >= 0.3 is 0 Å². The van der Waals surface area contributed by atoms with Crippen LogP contribution in [0.1, 0.15) is 22.9 Å². The minimum absolute atomic E-state index is 0.221. The Hall–Kier alpha value is -1.62. The number of ether oxygens (including phenoxy) is 1. The third-order valence-electron chi connectivity index (χ3n) is 2.94. The number of hydrogen-bond acceptors (Lipinski definition) is 4. The fourth-order valence-corrected chi connectivity index (χ4v) is 2.13. The first-order chi connectivity index (χ1) is 9.15. The van der Waals surface area contributed by atoms with Gasteiger partial charge in [-0.3, -0.25) is 10.8 Å². The number of rotatable bonds is 4. The number of benzene rings is 1. The summed E-state index contributed by atoms with van der Waals surface area (Å²) in [6.07, 6.45) is 1.79. The van der Waals surface area contributed by atoms with Crippen LogP contribution >= 0.6 is 11.6 Å². The molecular weight excluding hydrogens is 262 g/mol. The molecule has 2 rings (SSSR count). The number of aryl methyl sites for hydroxylation is 1. The van der Waals surface area contributed by atoms with E-state index in [2.05, 4.69) is 10.4 Å². The van der Waals surface area contributed by atoms with E-state index in [-0.39, 0.29) is 6.04 Å². The average molecular weight is 278 g/mol. The van der Waals surface area contributed by atoms with Crippen molar-refractivity contribution in [2.75, 3.05) is 7.11 Å². The Labute approximate surface area is 117 Å². The Morgan fingerprint density at radius 3 is 2.68 bits per heavy atom. The van der Waals surface area contributed by atoms with E-state index in [1.807, 2.05) is 31.2 Å². The van der Waals surface area contributed by atoms with E-state index in [0.717, 1.165) is 22.6 Å². The Morgan fingerprint density at radius 2 is 2.11 bits per heavy atom. The molecule has 3 N–H and O–H groups in total. The number of nitrogens with two attached hydrogens (primary N) is 1. The Balaban J connectivity index is 2.47. The van der Waals surface area contributed by atoms with Crippen molar-refractivity contribution >= 4 is 11.6 Å². The molecule has 1 unspecified atom stereocenters. The molecule has 100 valence electrons. The lowest BCUT2D eigenvalue weighted by Gasteiger charge is -2.19. The van der Waals surface area contributed by atoms with Crippen LogP contribution < -0.4 is 16.0 Å². The predicted octanol–water partition coefficient (Wildman–Crippen LogP) is 2.60. The summed E-state index contributed by atoms with van der Waals surface area (Å²) in [5, 5.41) is 0.635. The quantitative estimate of drug-likeness (QED) is 0.666. The van der Waals surface area contributed by atoms with Crippen molar-refractivity contribution in [1.29, 1.82) is 0 Å². The van der Waals surface area contributed by atoms with Gasteiger partial charge in [-0.2, -0.15) is 0 Å². The van der Waals surface area contributed by atoms with E-state index in [0.29, 0.717) is 5.02 Å². The first-order valence-corrected chi connectivity index (χ1v) is 6.25. The summed E-state index contributed by atoms with van der Waals surface area (Å²) in [4.78, 5) is 4.28. The molecule has 0 fully saturated rings. The topological polar surface area (TPSA) is 60.2 Å². The maximum Gasteiger partial charge on any atom is 0.124 e. The van der Waals surface area contributed by atoms with Crippen molar-refractivity contribution in [2.24, 2.45) is 5.84 Å². The predicted molar refractivity (Wildman–Crippen MR) is 76.1 cm³/mol. The lowest BCUT2D eigenvalue weighted by Crippen LogP contribution is -2.29. The number of aromatic nitrogens is 1. The van der Waals surface area contributed by atoms with Crippen LogP contribution in [0.2, 0.25) is 5.02 Å². The minimum Gasteiger partial charge on any atom is -0.496 e. The van der Waals surface area contributed by atoms with Gasteiger partial charge < -0.3 is 4.74 Å².